The monoisotopic (exact) mass is 259 g/mol. The van der Waals surface area contributed by atoms with E-state index in [-0.39, 0.29) is 13.0 Å². The van der Waals surface area contributed by atoms with Crippen LogP contribution in [0.1, 0.15) is 5.56 Å². The van der Waals surface area contributed by atoms with Crippen LogP contribution in [0.3, 0.4) is 0 Å². The molecule has 2 aromatic rings. The van der Waals surface area contributed by atoms with Gasteiger partial charge in [-0.15, -0.1) is 0 Å². The number of hydrogen-bond donors (Lipinski definition) is 1. The van der Waals surface area contributed by atoms with Crippen LogP contribution in [-0.2, 0) is 16.0 Å². The third kappa shape index (κ3) is 2.65. The number of fused-ring (bicyclic) bond motifs is 1. The van der Waals surface area contributed by atoms with Crippen LogP contribution in [0.5, 0.6) is 0 Å². The number of carboxylic acid groups (broad SMARTS) is 1. The van der Waals surface area contributed by atoms with Crippen molar-refractivity contribution in [2.24, 2.45) is 0 Å². The molecule has 5 nitrogen and oxygen atoms in total. The van der Waals surface area contributed by atoms with E-state index in [0.29, 0.717) is 11.1 Å². The second-order valence-electron chi connectivity index (χ2n) is 3.97. The van der Waals surface area contributed by atoms with Crippen LogP contribution in [0.2, 0.25) is 0 Å². The number of aromatic nitrogens is 1. The Hall–Kier alpha value is -2.56. The molecule has 0 aliphatic rings. The van der Waals surface area contributed by atoms with E-state index < -0.39 is 12.1 Å². The fraction of sp³-hybridized carbons (Fsp3) is 0.143. The lowest BCUT2D eigenvalue weighted by atomic mass is 10.1. The molecular formula is C14H13NO4. The number of nitrogens with zero attached hydrogens (tertiary/aromatic N) is 1. The van der Waals surface area contributed by atoms with Gasteiger partial charge in [0.1, 0.15) is 6.61 Å². The summed E-state index contributed by atoms with van der Waals surface area (Å²) in [5.41, 5.74) is 1.19. The van der Waals surface area contributed by atoms with E-state index >= 15 is 0 Å². The number of hydrogen-bond acceptors (Lipinski definition) is 3. The van der Waals surface area contributed by atoms with E-state index in [1.54, 1.807) is 24.3 Å². The minimum Gasteiger partial charge on any atom is -0.464 e. The molecule has 0 spiro atoms. The SMILES string of the molecule is C=CCOC(=O)Cc1cn(C(=O)O)c2ccccc12. The van der Waals surface area contributed by atoms with Crippen molar-refractivity contribution >= 4 is 23.0 Å². The van der Waals surface area contributed by atoms with Gasteiger partial charge in [0.2, 0.25) is 0 Å². The standard InChI is InChI=1S/C14H13NO4/c1-2-7-19-13(16)8-10-9-15(14(17)18)12-6-4-3-5-11(10)12/h2-6,9H,1,7-8H2,(H,17,18). The van der Waals surface area contributed by atoms with Crippen LogP contribution in [0.15, 0.2) is 43.1 Å². The van der Waals surface area contributed by atoms with Crippen LogP contribution >= 0.6 is 0 Å². The maximum Gasteiger partial charge on any atom is 0.416 e. The van der Waals surface area contributed by atoms with Crippen molar-refractivity contribution in [2.75, 3.05) is 6.61 Å². The van der Waals surface area contributed by atoms with E-state index in [0.717, 1.165) is 9.95 Å². The van der Waals surface area contributed by atoms with Crippen LogP contribution in [-0.4, -0.2) is 28.3 Å². The number of carbonyl (C=O) groups is 2. The topological polar surface area (TPSA) is 68.5 Å². The van der Waals surface area contributed by atoms with Gasteiger partial charge < -0.3 is 9.84 Å². The van der Waals surface area contributed by atoms with Gasteiger partial charge in [-0.05, 0) is 11.6 Å². The minimum absolute atomic E-state index is 0.0363. The average Bonchev–Trinajstić information content (AvgIpc) is 2.76. The van der Waals surface area contributed by atoms with Gasteiger partial charge in [0.05, 0.1) is 11.9 Å². The first-order valence-electron chi connectivity index (χ1n) is 5.72. The van der Waals surface area contributed by atoms with Crippen molar-refractivity contribution < 1.29 is 19.4 Å². The van der Waals surface area contributed by atoms with E-state index in [1.807, 2.05) is 0 Å². The van der Waals surface area contributed by atoms with Gasteiger partial charge in [-0.2, -0.15) is 0 Å². The molecule has 0 aliphatic carbocycles. The smallest absolute Gasteiger partial charge is 0.416 e. The van der Waals surface area contributed by atoms with Crippen molar-refractivity contribution in [3.63, 3.8) is 0 Å². The van der Waals surface area contributed by atoms with Gasteiger partial charge in [-0.3, -0.25) is 9.36 Å². The predicted octanol–water partition coefficient (Wildman–Crippen LogP) is 2.44. The molecule has 2 rings (SSSR count). The summed E-state index contributed by atoms with van der Waals surface area (Å²) in [5.74, 6) is -0.409. The summed E-state index contributed by atoms with van der Waals surface area (Å²) in [7, 11) is 0. The van der Waals surface area contributed by atoms with Crippen molar-refractivity contribution in [2.45, 2.75) is 6.42 Å². The third-order valence-electron chi connectivity index (χ3n) is 2.70. The molecule has 0 fully saturated rings. The Kier molecular flexibility index (Phi) is 3.66. The molecule has 1 N–H and O–H groups in total. The Morgan fingerprint density at radius 2 is 2.11 bits per heavy atom. The molecule has 0 amide bonds. The van der Waals surface area contributed by atoms with E-state index in [4.69, 9.17) is 9.84 Å². The maximum atomic E-state index is 11.6. The average molecular weight is 259 g/mol. The number of benzene rings is 1. The highest BCUT2D eigenvalue weighted by molar-refractivity contribution is 5.93. The zero-order valence-corrected chi connectivity index (χ0v) is 10.2. The minimum atomic E-state index is -1.08. The van der Waals surface area contributed by atoms with E-state index in [2.05, 4.69) is 6.58 Å². The fourth-order valence-electron chi connectivity index (χ4n) is 1.91. The number of esters is 1. The third-order valence-corrected chi connectivity index (χ3v) is 2.70. The van der Waals surface area contributed by atoms with E-state index in [1.165, 1.54) is 12.3 Å². The quantitative estimate of drug-likeness (QED) is 0.676. The Labute approximate surface area is 109 Å². The Morgan fingerprint density at radius 3 is 2.79 bits per heavy atom. The number of carbonyl (C=O) groups excluding carboxylic acids is 1. The van der Waals surface area contributed by atoms with Crippen molar-refractivity contribution in [3.8, 4) is 0 Å². The molecule has 0 unspecified atom stereocenters. The molecule has 0 radical (unpaired) electrons. The van der Waals surface area contributed by atoms with Crippen LogP contribution in [0, 0.1) is 0 Å². The summed E-state index contributed by atoms with van der Waals surface area (Å²) in [5, 5.41) is 9.84. The Balaban J connectivity index is 2.35. The lowest BCUT2D eigenvalue weighted by molar-refractivity contribution is -0.141. The molecule has 0 atom stereocenters. The number of ether oxygens (including phenoxy) is 1. The summed E-state index contributed by atoms with van der Waals surface area (Å²) in [4.78, 5) is 22.7. The van der Waals surface area contributed by atoms with Crippen LogP contribution in [0.25, 0.3) is 10.9 Å². The Morgan fingerprint density at radius 1 is 1.37 bits per heavy atom. The first-order chi connectivity index (χ1) is 9.13. The highest BCUT2D eigenvalue weighted by Gasteiger charge is 2.15. The van der Waals surface area contributed by atoms with Gasteiger partial charge in [0.15, 0.2) is 0 Å². The largest absolute Gasteiger partial charge is 0.464 e. The predicted molar refractivity (Wildman–Crippen MR) is 70.2 cm³/mol. The molecule has 19 heavy (non-hydrogen) atoms. The van der Waals surface area contributed by atoms with Gasteiger partial charge in [0.25, 0.3) is 0 Å². The first-order valence-corrected chi connectivity index (χ1v) is 5.72. The van der Waals surface area contributed by atoms with Crippen LogP contribution < -0.4 is 0 Å². The van der Waals surface area contributed by atoms with Gasteiger partial charge in [0, 0.05) is 11.6 Å². The first kappa shape index (κ1) is 12.9. The second-order valence-corrected chi connectivity index (χ2v) is 3.97. The fourth-order valence-corrected chi connectivity index (χ4v) is 1.91. The number of rotatable bonds is 4. The summed E-state index contributed by atoms with van der Waals surface area (Å²) < 4.78 is 6.00. The van der Waals surface area contributed by atoms with Crippen molar-refractivity contribution in [1.29, 1.82) is 0 Å². The normalized spacial score (nSPS) is 10.3. The van der Waals surface area contributed by atoms with Crippen molar-refractivity contribution in [3.05, 3.63) is 48.7 Å². The van der Waals surface area contributed by atoms with Crippen LogP contribution in [0.4, 0.5) is 4.79 Å². The summed E-state index contributed by atoms with van der Waals surface area (Å²) in [6.45, 7) is 3.61. The highest BCUT2D eigenvalue weighted by Crippen LogP contribution is 2.21. The summed E-state index contributed by atoms with van der Waals surface area (Å²) in [6, 6.07) is 7.03. The molecule has 0 saturated heterocycles. The van der Waals surface area contributed by atoms with Gasteiger partial charge >= 0.3 is 12.1 Å². The zero-order chi connectivity index (χ0) is 13.8. The van der Waals surface area contributed by atoms with Crippen molar-refractivity contribution in [1.82, 2.24) is 4.57 Å². The molecule has 5 heteroatoms. The summed E-state index contributed by atoms with van der Waals surface area (Å²) >= 11 is 0. The molecule has 0 saturated carbocycles. The second kappa shape index (κ2) is 5.39. The molecule has 0 bridgehead atoms. The molecule has 1 heterocycles. The number of para-hydroxylation sites is 1. The molecule has 98 valence electrons. The molecular weight excluding hydrogens is 246 g/mol. The Bertz CT molecular complexity index is 642. The lowest BCUT2D eigenvalue weighted by Gasteiger charge is -2.00. The molecule has 1 aromatic heterocycles. The van der Waals surface area contributed by atoms with Gasteiger partial charge in [-0.25, -0.2) is 4.79 Å². The molecule has 0 aliphatic heterocycles. The van der Waals surface area contributed by atoms with Gasteiger partial charge in [-0.1, -0.05) is 30.9 Å². The lowest BCUT2D eigenvalue weighted by Crippen LogP contribution is -2.08. The zero-order valence-electron chi connectivity index (χ0n) is 10.2. The molecule has 1 aromatic carbocycles. The summed E-state index contributed by atoms with van der Waals surface area (Å²) in [6.07, 6.45) is 1.89. The highest BCUT2D eigenvalue weighted by atomic mass is 16.5. The maximum absolute atomic E-state index is 11.6. The van der Waals surface area contributed by atoms with E-state index in [9.17, 15) is 9.59 Å².